The van der Waals surface area contributed by atoms with Gasteiger partial charge in [-0.25, -0.2) is 10.3 Å². The van der Waals surface area contributed by atoms with Gasteiger partial charge >= 0.3 is 5.97 Å². The Balaban J connectivity index is 2.35. The molecule has 0 bridgehead atoms. The summed E-state index contributed by atoms with van der Waals surface area (Å²) < 4.78 is 0. The minimum atomic E-state index is -1.12. The van der Waals surface area contributed by atoms with E-state index in [2.05, 4.69) is 17.2 Å². The molecule has 0 aliphatic carbocycles. The molecule has 0 radical (unpaired) electrons. The Labute approximate surface area is 112 Å². The van der Waals surface area contributed by atoms with Gasteiger partial charge in [0.15, 0.2) is 6.61 Å². The molecule has 2 N–H and O–H groups in total. The number of hydroxylamine groups is 1. The van der Waals surface area contributed by atoms with Gasteiger partial charge in [-0.2, -0.15) is 0 Å². The molecular formula is C14H19NO4. The van der Waals surface area contributed by atoms with E-state index in [1.807, 2.05) is 24.3 Å². The van der Waals surface area contributed by atoms with E-state index >= 15 is 0 Å². The van der Waals surface area contributed by atoms with Gasteiger partial charge in [-0.1, -0.05) is 37.6 Å². The fourth-order valence-corrected chi connectivity index (χ4v) is 1.60. The van der Waals surface area contributed by atoms with E-state index in [0.717, 1.165) is 24.8 Å². The molecule has 5 heteroatoms. The number of aliphatic carboxylic acids is 1. The van der Waals surface area contributed by atoms with Crippen LogP contribution in [0.5, 0.6) is 0 Å². The molecule has 0 fully saturated rings. The highest BCUT2D eigenvalue weighted by molar-refractivity contribution is 5.77. The lowest BCUT2D eigenvalue weighted by molar-refractivity contribution is -0.149. The molecule has 19 heavy (non-hydrogen) atoms. The van der Waals surface area contributed by atoms with Crippen LogP contribution in [0.1, 0.15) is 30.9 Å². The summed E-state index contributed by atoms with van der Waals surface area (Å²) in [6.07, 6.45) is 3.53. The highest BCUT2D eigenvalue weighted by atomic mass is 16.7. The Morgan fingerprint density at radius 1 is 1.21 bits per heavy atom. The third-order valence-electron chi connectivity index (χ3n) is 2.59. The first-order valence-corrected chi connectivity index (χ1v) is 6.32. The molecule has 0 aliphatic rings. The van der Waals surface area contributed by atoms with Crippen LogP contribution < -0.4 is 5.48 Å². The number of amides is 1. The number of aryl methyl sites for hydroxylation is 1. The number of carboxylic acid groups (broad SMARTS) is 1. The van der Waals surface area contributed by atoms with Crippen molar-refractivity contribution in [3.63, 3.8) is 0 Å². The van der Waals surface area contributed by atoms with E-state index in [4.69, 9.17) is 5.11 Å². The monoisotopic (exact) mass is 265 g/mol. The summed E-state index contributed by atoms with van der Waals surface area (Å²) in [7, 11) is 0. The minimum Gasteiger partial charge on any atom is -0.479 e. The van der Waals surface area contributed by atoms with E-state index in [1.54, 1.807) is 0 Å². The molecule has 0 aliphatic heterocycles. The van der Waals surface area contributed by atoms with Gasteiger partial charge in [0, 0.05) is 0 Å². The van der Waals surface area contributed by atoms with Gasteiger partial charge in [-0.05, 0) is 24.0 Å². The number of carboxylic acids is 1. The van der Waals surface area contributed by atoms with Crippen molar-refractivity contribution >= 4 is 11.9 Å². The van der Waals surface area contributed by atoms with Crippen LogP contribution in [0.2, 0.25) is 0 Å². The SMILES string of the molecule is CCCCc1ccc(CC(=O)NOCC(=O)O)cc1. The molecule has 0 saturated heterocycles. The molecule has 1 aromatic carbocycles. The number of benzene rings is 1. The third-order valence-corrected chi connectivity index (χ3v) is 2.59. The summed E-state index contributed by atoms with van der Waals surface area (Å²) in [6.45, 7) is 1.61. The second-order valence-corrected chi connectivity index (χ2v) is 4.30. The molecular weight excluding hydrogens is 246 g/mol. The molecule has 0 unspecified atom stereocenters. The van der Waals surface area contributed by atoms with Crippen molar-refractivity contribution in [3.8, 4) is 0 Å². The van der Waals surface area contributed by atoms with Crippen molar-refractivity contribution in [2.45, 2.75) is 32.6 Å². The first kappa shape index (κ1) is 15.2. The second-order valence-electron chi connectivity index (χ2n) is 4.30. The number of rotatable bonds is 8. The third kappa shape index (κ3) is 6.57. The Morgan fingerprint density at radius 3 is 2.42 bits per heavy atom. The summed E-state index contributed by atoms with van der Waals surface area (Å²) in [5, 5.41) is 8.34. The van der Waals surface area contributed by atoms with E-state index in [1.165, 1.54) is 5.56 Å². The number of nitrogens with one attached hydrogen (secondary N) is 1. The van der Waals surface area contributed by atoms with Gasteiger partial charge in [-0.15, -0.1) is 0 Å². The van der Waals surface area contributed by atoms with Crippen molar-refractivity contribution in [2.24, 2.45) is 0 Å². The average Bonchev–Trinajstić information content (AvgIpc) is 2.37. The lowest BCUT2D eigenvalue weighted by Gasteiger charge is -2.05. The summed E-state index contributed by atoms with van der Waals surface area (Å²) in [5.41, 5.74) is 4.22. The number of carbonyl (C=O) groups is 2. The molecule has 1 aromatic rings. The lowest BCUT2D eigenvalue weighted by atomic mass is 10.0. The zero-order valence-corrected chi connectivity index (χ0v) is 11.0. The van der Waals surface area contributed by atoms with Gasteiger partial charge < -0.3 is 5.11 Å². The number of hydrogen-bond donors (Lipinski definition) is 2. The van der Waals surface area contributed by atoms with E-state index < -0.39 is 12.6 Å². The zero-order chi connectivity index (χ0) is 14.1. The maximum atomic E-state index is 11.4. The maximum Gasteiger partial charge on any atom is 0.332 e. The minimum absolute atomic E-state index is 0.174. The summed E-state index contributed by atoms with van der Waals surface area (Å²) in [4.78, 5) is 26.1. The second kappa shape index (κ2) is 8.26. The standard InChI is InChI=1S/C14H19NO4/c1-2-3-4-11-5-7-12(8-6-11)9-13(16)15-19-10-14(17)18/h5-8H,2-4,9-10H2,1H3,(H,15,16)(H,17,18). The first-order valence-electron chi connectivity index (χ1n) is 6.32. The highest BCUT2D eigenvalue weighted by Crippen LogP contribution is 2.08. The fraction of sp³-hybridized carbons (Fsp3) is 0.429. The van der Waals surface area contributed by atoms with Crippen LogP contribution in [0.3, 0.4) is 0 Å². The Hall–Kier alpha value is -1.88. The predicted octanol–water partition coefficient (Wildman–Crippen LogP) is 1.70. The van der Waals surface area contributed by atoms with Gasteiger partial charge in [0.1, 0.15) is 0 Å². The summed E-state index contributed by atoms with van der Waals surface area (Å²) in [5.74, 6) is -1.48. The first-order chi connectivity index (χ1) is 9.11. The predicted molar refractivity (Wildman–Crippen MR) is 70.5 cm³/mol. The van der Waals surface area contributed by atoms with Crippen molar-refractivity contribution in [3.05, 3.63) is 35.4 Å². The van der Waals surface area contributed by atoms with Crippen LogP contribution >= 0.6 is 0 Å². The van der Waals surface area contributed by atoms with Gasteiger partial charge in [0.2, 0.25) is 5.91 Å². The fourth-order valence-electron chi connectivity index (χ4n) is 1.60. The molecule has 1 amide bonds. The van der Waals surface area contributed by atoms with Crippen molar-refractivity contribution in [1.29, 1.82) is 0 Å². The molecule has 0 spiro atoms. The van der Waals surface area contributed by atoms with Crippen molar-refractivity contribution < 1.29 is 19.5 Å². The zero-order valence-electron chi connectivity index (χ0n) is 11.0. The van der Waals surface area contributed by atoms with Crippen LogP contribution in [0, 0.1) is 0 Å². The van der Waals surface area contributed by atoms with Crippen LogP contribution in [0.15, 0.2) is 24.3 Å². The summed E-state index contributed by atoms with van der Waals surface area (Å²) >= 11 is 0. The number of hydrogen-bond acceptors (Lipinski definition) is 3. The average molecular weight is 265 g/mol. The molecule has 0 atom stereocenters. The smallest absolute Gasteiger partial charge is 0.332 e. The van der Waals surface area contributed by atoms with E-state index in [-0.39, 0.29) is 12.3 Å². The van der Waals surface area contributed by atoms with Crippen LogP contribution in [0.4, 0.5) is 0 Å². The van der Waals surface area contributed by atoms with E-state index in [9.17, 15) is 9.59 Å². The number of unbranched alkanes of at least 4 members (excludes halogenated alkanes) is 1. The normalized spacial score (nSPS) is 10.2. The lowest BCUT2D eigenvalue weighted by Crippen LogP contribution is -2.27. The van der Waals surface area contributed by atoms with Gasteiger partial charge in [0.05, 0.1) is 6.42 Å². The number of carbonyl (C=O) groups excluding carboxylic acids is 1. The maximum absolute atomic E-state index is 11.4. The van der Waals surface area contributed by atoms with Crippen molar-refractivity contribution in [1.82, 2.24) is 5.48 Å². The van der Waals surface area contributed by atoms with Crippen molar-refractivity contribution in [2.75, 3.05) is 6.61 Å². The summed E-state index contributed by atoms with van der Waals surface area (Å²) in [6, 6.07) is 7.83. The Morgan fingerprint density at radius 2 is 1.84 bits per heavy atom. The van der Waals surface area contributed by atoms with E-state index in [0.29, 0.717) is 0 Å². The quantitative estimate of drug-likeness (QED) is 0.701. The van der Waals surface area contributed by atoms with Gasteiger partial charge in [-0.3, -0.25) is 9.63 Å². The van der Waals surface area contributed by atoms with Crippen LogP contribution in [-0.4, -0.2) is 23.6 Å². The largest absolute Gasteiger partial charge is 0.479 e. The topological polar surface area (TPSA) is 75.6 Å². The Kier molecular flexibility index (Phi) is 6.60. The molecule has 0 saturated carbocycles. The molecule has 5 nitrogen and oxygen atoms in total. The Bertz CT molecular complexity index is 414. The molecule has 1 rings (SSSR count). The van der Waals surface area contributed by atoms with Crippen LogP contribution in [0.25, 0.3) is 0 Å². The van der Waals surface area contributed by atoms with Gasteiger partial charge in [0.25, 0.3) is 0 Å². The van der Waals surface area contributed by atoms with Crippen LogP contribution in [-0.2, 0) is 27.3 Å². The molecule has 104 valence electrons. The highest BCUT2D eigenvalue weighted by Gasteiger charge is 2.05. The molecule has 0 heterocycles. The molecule has 0 aromatic heterocycles.